The van der Waals surface area contributed by atoms with Gasteiger partial charge in [-0.2, -0.15) is 10.2 Å². The smallest absolute Gasteiger partial charge is 0.326 e. The fourth-order valence-corrected chi connectivity index (χ4v) is 1.41. The Balaban J connectivity index is 2.55. The maximum absolute atomic E-state index is 11.8. The first-order valence-electron chi connectivity index (χ1n) is 6.24. The summed E-state index contributed by atoms with van der Waals surface area (Å²) < 4.78 is 5.46. The summed E-state index contributed by atoms with van der Waals surface area (Å²) in [4.78, 5) is 23.0. The Kier molecular flexibility index (Phi) is 5.57. The predicted octanol–water partition coefficient (Wildman–Crippen LogP) is 0.865. The number of carbonyl (C=O) groups excluding carboxylic acids is 1. The second-order valence-corrected chi connectivity index (χ2v) is 5.24. The van der Waals surface area contributed by atoms with E-state index >= 15 is 0 Å². The molecule has 7 nitrogen and oxygen atoms in total. The fraction of sp³-hybridized carbons (Fsp3) is 0.538. The molecule has 0 aromatic carbocycles. The summed E-state index contributed by atoms with van der Waals surface area (Å²) in [6.45, 7) is 5.88. The average Bonchev–Trinajstić information content (AvgIpc) is 2.37. The molecule has 1 amide bonds. The minimum atomic E-state index is -1.10. The van der Waals surface area contributed by atoms with Crippen LogP contribution < -0.4 is 5.32 Å². The summed E-state index contributed by atoms with van der Waals surface area (Å²) in [6, 6.07) is 0.463. The molecule has 20 heavy (non-hydrogen) atoms. The molecule has 0 aliphatic rings. The molecule has 1 atom stereocenters. The third-order valence-electron chi connectivity index (χ3n) is 2.39. The van der Waals surface area contributed by atoms with Crippen molar-refractivity contribution in [3.05, 3.63) is 24.0 Å². The normalized spacial score (nSPS) is 12.8. The summed E-state index contributed by atoms with van der Waals surface area (Å²) in [5, 5.41) is 18.7. The van der Waals surface area contributed by atoms with Gasteiger partial charge in [-0.1, -0.05) is 0 Å². The van der Waals surface area contributed by atoms with Crippen LogP contribution in [0.4, 0.5) is 0 Å². The summed E-state index contributed by atoms with van der Waals surface area (Å²) in [5.41, 5.74) is -0.0785. The van der Waals surface area contributed by atoms with Gasteiger partial charge in [0, 0.05) is 13.0 Å². The first-order valence-corrected chi connectivity index (χ1v) is 6.24. The van der Waals surface area contributed by atoms with Crippen LogP contribution in [0.2, 0.25) is 0 Å². The molecule has 1 aromatic rings. The number of aliphatic carboxylic acids is 1. The van der Waals surface area contributed by atoms with E-state index in [0.717, 1.165) is 0 Å². The Morgan fingerprint density at radius 2 is 2.10 bits per heavy atom. The van der Waals surface area contributed by atoms with Crippen LogP contribution in [0, 0.1) is 0 Å². The third kappa shape index (κ3) is 5.75. The van der Waals surface area contributed by atoms with E-state index < -0.39 is 17.9 Å². The van der Waals surface area contributed by atoms with Gasteiger partial charge in [-0.3, -0.25) is 4.79 Å². The molecular formula is C13H19N3O4. The highest BCUT2D eigenvalue weighted by atomic mass is 16.5. The molecule has 1 rings (SSSR count). The molecule has 0 radical (unpaired) electrons. The maximum atomic E-state index is 11.8. The minimum absolute atomic E-state index is 0.191. The quantitative estimate of drug-likeness (QED) is 0.802. The largest absolute Gasteiger partial charge is 0.480 e. The Morgan fingerprint density at radius 3 is 2.60 bits per heavy atom. The number of hydrogen-bond acceptors (Lipinski definition) is 5. The van der Waals surface area contributed by atoms with E-state index in [1.54, 1.807) is 0 Å². The summed E-state index contributed by atoms with van der Waals surface area (Å²) in [5.74, 6) is -1.60. The molecule has 0 spiro atoms. The van der Waals surface area contributed by atoms with Crippen molar-refractivity contribution in [1.29, 1.82) is 0 Å². The van der Waals surface area contributed by atoms with Gasteiger partial charge >= 0.3 is 5.97 Å². The van der Waals surface area contributed by atoms with Crippen molar-refractivity contribution in [3.8, 4) is 0 Å². The van der Waals surface area contributed by atoms with Crippen LogP contribution in [0.25, 0.3) is 0 Å². The van der Waals surface area contributed by atoms with Crippen LogP contribution >= 0.6 is 0 Å². The zero-order chi connectivity index (χ0) is 15.2. The zero-order valence-electron chi connectivity index (χ0n) is 11.8. The predicted molar refractivity (Wildman–Crippen MR) is 71.2 cm³/mol. The lowest BCUT2D eigenvalue weighted by molar-refractivity contribution is -0.140. The van der Waals surface area contributed by atoms with Crippen molar-refractivity contribution < 1.29 is 19.4 Å². The Bertz CT molecular complexity index is 456. The van der Waals surface area contributed by atoms with Crippen molar-refractivity contribution in [2.45, 2.75) is 38.8 Å². The summed E-state index contributed by atoms with van der Waals surface area (Å²) >= 11 is 0. The Hall–Kier alpha value is -2.02. The van der Waals surface area contributed by atoms with E-state index in [0.29, 0.717) is 0 Å². The maximum Gasteiger partial charge on any atom is 0.326 e. The number of carbonyl (C=O) groups is 2. The number of carboxylic acid groups (broad SMARTS) is 1. The van der Waals surface area contributed by atoms with E-state index in [-0.39, 0.29) is 24.2 Å². The number of nitrogens with zero attached hydrogens (tertiary/aromatic N) is 2. The van der Waals surface area contributed by atoms with Crippen molar-refractivity contribution >= 4 is 11.9 Å². The standard InChI is InChI=1S/C13H19N3O4/c1-13(2,3)20-7-5-10(12(18)19)16-11(17)9-4-6-14-15-8-9/h4,6,8,10H,5,7H2,1-3H3,(H,16,17)(H,18,19). The van der Waals surface area contributed by atoms with Crippen LogP contribution in [0.5, 0.6) is 0 Å². The van der Waals surface area contributed by atoms with E-state index in [4.69, 9.17) is 9.84 Å². The number of rotatable bonds is 6. The van der Waals surface area contributed by atoms with E-state index in [1.807, 2.05) is 20.8 Å². The van der Waals surface area contributed by atoms with Crippen molar-refractivity contribution in [2.75, 3.05) is 6.61 Å². The number of hydrogen-bond donors (Lipinski definition) is 2. The highest BCUT2D eigenvalue weighted by Gasteiger charge is 2.21. The van der Waals surface area contributed by atoms with Gasteiger partial charge in [0.25, 0.3) is 5.91 Å². The molecule has 110 valence electrons. The van der Waals surface area contributed by atoms with Gasteiger partial charge in [0.1, 0.15) is 6.04 Å². The van der Waals surface area contributed by atoms with Crippen molar-refractivity contribution in [3.63, 3.8) is 0 Å². The van der Waals surface area contributed by atoms with Crippen molar-refractivity contribution in [1.82, 2.24) is 15.5 Å². The topological polar surface area (TPSA) is 101 Å². The number of nitrogens with one attached hydrogen (secondary N) is 1. The monoisotopic (exact) mass is 281 g/mol. The molecule has 0 saturated carbocycles. The average molecular weight is 281 g/mol. The fourth-order valence-electron chi connectivity index (χ4n) is 1.41. The van der Waals surface area contributed by atoms with E-state index in [2.05, 4.69) is 15.5 Å². The molecule has 0 bridgehead atoms. The molecule has 0 aliphatic carbocycles. The lowest BCUT2D eigenvalue weighted by Gasteiger charge is -2.21. The molecule has 7 heteroatoms. The summed E-state index contributed by atoms with van der Waals surface area (Å²) in [7, 11) is 0. The molecule has 0 aliphatic heterocycles. The molecule has 1 heterocycles. The Morgan fingerprint density at radius 1 is 1.40 bits per heavy atom. The number of ether oxygens (including phenoxy) is 1. The van der Waals surface area contributed by atoms with Gasteiger partial charge in [0.2, 0.25) is 0 Å². The molecule has 1 aromatic heterocycles. The van der Waals surface area contributed by atoms with Gasteiger partial charge in [0.15, 0.2) is 0 Å². The van der Waals surface area contributed by atoms with Crippen LogP contribution in [0.15, 0.2) is 18.5 Å². The van der Waals surface area contributed by atoms with Gasteiger partial charge in [-0.15, -0.1) is 0 Å². The number of amides is 1. The van der Waals surface area contributed by atoms with Crippen LogP contribution in [-0.4, -0.2) is 45.4 Å². The molecule has 2 N–H and O–H groups in total. The van der Waals surface area contributed by atoms with E-state index in [1.165, 1.54) is 18.5 Å². The molecule has 0 fully saturated rings. The Labute approximate surface area is 117 Å². The van der Waals surface area contributed by atoms with Crippen LogP contribution in [0.3, 0.4) is 0 Å². The minimum Gasteiger partial charge on any atom is -0.480 e. The van der Waals surface area contributed by atoms with Gasteiger partial charge < -0.3 is 15.2 Å². The molecular weight excluding hydrogens is 262 g/mol. The number of aromatic nitrogens is 2. The van der Waals surface area contributed by atoms with Crippen LogP contribution in [-0.2, 0) is 9.53 Å². The van der Waals surface area contributed by atoms with Gasteiger partial charge in [0.05, 0.1) is 23.6 Å². The second kappa shape index (κ2) is 6.95. The lowest BCUT2D eigenvalue weighted by Crippen LogP contribution is -2.42. The highest BCUT2D eigenvalue weighted by Crippen LogP contribution is 2.08. The highest BCUT2D eigenvalue weighted by molar-refractivity contribution is 5.96. The van der Waals surface area contributed by atoms with Gasteiger partial charge in [-0.25, -0.2) is 4.79 Å². The van der Waals surface area contributed by atoms with Crippen LogP contribution in [0.1, 0.15) is 37.6 Å². The zero-order valence-corrected chi connectivity index (χ0v) is 11.8. The summed E-state index contributed by atoms with van der Waals surface area (Å²) in [6.07, 6.45) is 2.84. The first kappa shape index (κ1) is 16.0. The second-order valence-electron chi connectivity index (χ2n) is 5.24. The number of carboxylic acids is 1. The van der Waals surface area contributed by atoms with Crippen molar-refractivity contribution in [2.24, 2.45) is 0 Å². The molecule has 1 unspecified atom stereocenters. The SMILES string of the molecule is CC(C)(C)OCCC(NC(=O)c1ccnnc1)C(=O)O. The van der Waals surface area contributed by atoms with E-state index in [9.17, 15) is 9.59 Å². The third-order valence-corrected chi connectivity index (χ3v) is 2.39. The molecule has 0 saturated heterocycles. The lowest BCUT2D eigenvalue weighted by atomic mass is 10.1. The van der Waals surface area contributed by atoms with Gasteiger partial charge in [-0.05, 0) is 26.8 Å². The first-order chi connectivity index (χ1) is 9.29.